The lowest BCUT2D eigenvalue weighted by Crippen LogP contribution is -2.48. The lowest BCUT2D eigenvalue weighted by atomic mass is 9.72. The number of hydrogen-bond acceptors (Lipinski definition) is 4. The molecule has 1 aliphatic heterocycles. The van der Waals surface area contributed by atoms with Gasteiger partial charge in [-0.3, -0.25) is 4.79 Å². The van der Waals surface area contributed by atoms with Crippen LogP contribution in [0.3, 0.4) is 0 Å². The van der Waals surface area contributed by atoms with Crippen molar-refractivity contribution in [2.75, 3.05) is 40.4 Å². The normalized spacial score (nSPS) is 18.4. The molecule has 6 heteroatoms. The average molecular weight is 543 g/mol. The highest BCUT2D eigenvalue weighted by Crippen LogP contribution is 2.44. The third-order valence-corrected chi connectivity index (χ3v) is 8.25. The predicted octanol–water partition coefficient (Wildman–Crippen LogP) is 6.52. The molecule has 0 aliphatic carbocycles. The van der Waals surface area contributed by atoms with E-state index in [4.69, 9.17) is 16.3 Å². The number of halogens is 1. The van der Waals surface area contributed by atoms with Gasteiger partial charge in [-0.15, -0.1) is 0 Å². The number of nitrogens with zero attached hydrogens (tertiary/aromatic N) is 1. The molecular weight excluding hydrogens is 496 g/mol. The molecule has 1 aliphatic rings. The zero-order chi connectivity index (χ0) is 27.5. The Bertz CT molecular complexity index is 1010. The van der Waals surface area contributed by atoms with Crippen LogP contribution in [0.15, 0.2) is 48.5 Å². The molecule has 0 saturated carbocycles. The number of unbranched alkanes of at least 4 members (excludes halogenated alkanes) is 1. The first-order chi connectivity index (χ1) is 18.3. The second-order valence-corrected chi connectivity index (χ2v) is 11.7. The van der Waals surface area contributed by atoms with E-state index < -0.39 is 5.60 Å². The van der Waals surface area contributed by atoms with Gasteiger partial charge in [0.25, 0.3) is 0 Å². The van der Waals surface area contributed by atoms with E-state index in [9.17, 15) is 9.90 Å². The van der Waals surface area contributed by atoms with Crippen LogP contribution in [-0.2, 0) is 15.1 Å². The molecule has 2 N–H and O–H groups in total. The van der Waals surface area contributed by atoms with Crippen molar-refractivity contribution >= 4 is 17.5 Å². The van der Waals surface area contributed by atoms with E-state index >= 15 is 0 Å². The van der Waals surface area contributed by atoms with Crippen molar-refractivity contribution < 1.29 is 14.6 Å². The second kappa shape index (κ2) is 15.0. The van der Waals surface area contributed by atoms with Crippen molar-refractivity contribution in [2.24, 2.45) is 17.8 Å². The number of nitrogens with one attached hydrogen (secondary N) is 1. The van der Waals surface area contributed by atoms with Crippen LogP contribution in [0, 0.1) is 17.8 Å². The SMILES string of the molecule is CNC[C@@H](CC(=O)N1CCC[C@@H]([C@@](O)(CCCCOC)c2ccccc2-c2ccccc2Cl)C1)CC(C)C. The Kier molecular flexibility index (Phi) is 12.1. The van der Waals surface area contributed by atoms with Gasteiger partial charge < -0.3 is 20.1 Å². The molecule has 2 aromatic rings. The number of ether oxygens (including phenoxy) is 1. The van der Waals surface area contributed by atoms with Gasteiger partial charge in [-0.25, -0.2) is 0 Å². The van der Waals surface area contributed by atoms with Gasteiger partial charge in [0.1, 0.15) is 0 Å². The predicted molar refractivity (Wildman–Crippen MR) is 157 cm³/mol. The van der Waals surface area contributed by atoms with Crippen molar-refractivity contribution in [3.63, 3.8) is 0 Å². The standard InChI is InChI=1S/C32H47ClN2O3/c1-24(2)20-25(22-34-3)21-31(36)35-18-11-12-26(23-35)32(37,17-9-10-19-38-4)29-15-7-5-13-27(29)28-14-6-8-16-30(28)33/h5-8,13-16,24-26,34,37H,9-12,17-23H2,1-4H3/t25-,26-,32+/m1/s1. The summed E-state index contributed by atoms with van der Waals surface area (Å²) in [7, 11) is 3.67. The summed E-state index contributed by atoms with van der Waals surface area (Å²) in [5, 5.41) is 16.5. The van der Waals surface area contributed by atoms with E-state index in [0.29, 0.717) is 42.9 Å². The fraction of sp³-hybridized carbons (Fsp3) is 0.594. The number of benzene rings is 2. The number of carbonyl (C=O) groups excluding carboxylic acids is 1. The highest BCUT2D eigenvalue weighted by molar-refractivity contribution is 6.33. The van der Waals surface area contributed by atoms with Crippen molar-refractivity contribution in [3.8, 4) is 11.1 Å². The summed E-state index contributed by atoms with van der Waals surface area (Å²) in [4.78, 5) is 15.5. The van der Waals surface area contributed by atoms with Crippen molar-refractivity contribution in [3.05, 3.63) is 59.1 Å². The maximum Gasteiger partial charge on any atom is 0.222 e. The van der Waals surface area contributed by atoms with E-state index in [2.05, 4.69) is 25.2 Å². The third-order valence-electron chi connectivity index (χ3n) is 7.92. The van der Waals surface area contributed by atoms with Crippen LogP contribution in [0.5, 0.6) is 0 Å². The summed E-state index contributed by atoms with van der Waals surface area (Å²) in [6.45, 7) is 7.27. The minimum absolute atomic E-state index is 0.0563. The number of methoxy groups -OCH3 is 1. The molecule has 0 bridgehead atoms. The highest BCUT2D eigenvalue weighted by atomic mass is 35.5. The van der Waals surface area contributed by atoms with Crippen LogP contribution in [0.4, 0.5) is 0 Å². The van der Waals surface area contributed by atoms with Crippen molar-refractivity contribution in [2.45, 2.75) is 64.4 Å². The summed E-state index contributed by atoms with van der Waals surface area (Å²) >= 11 is 6.63. The molecule has 3 rings (SSSR count). The summed E-state index contributed by atoms with van der Waals surface area (Å²) < 4.78 is 5.29. The van der Waals surface area contributed by atoms with Crippen molar-refractivity contribution in [1.82, 2.24) is 10.2 Å². The quantitative estimate of drug-likeness (QED) is 0.267. The Balaban J connectivity index is 1.90. The molecule has 1 amide bonds. The lowest BCUT2D eigenvalue weighted by molar-refractivity contribution is -0.137. The number of likely N-dealkylation sites (tertiary alicyclic amines) is 1. The number of amides is 1. The molecule has 0 aromatic heterocycles. The maximum atomic E-state index is 13.5. The number of carbonyl (C=O) groups is 1. The van der Waals surface area contributed by atoms with Gasteiger partial charge in [-0.2, -0.15) is 0 Å². The Morgan fingerprint density at radius 2 is 1.87 bits per heavy atom. The lowest BCUT2D eigenvalue weighted by Gasteiger charge is -2.44. The number of aliphatic hydroxyl groups is 1. The first kappa shape index (κ1) is 30.6. The van der Waals surface area contributed by atoms with Gasteiger partial charge in [0.2, 0.25) is 5.91 Å². The van der Waals surface area contributed by atoms with Gasteiger partial charge >= 0.3 is 0 Å². The fourth-order valence-corrected chi connectivity index (χ4v) is 6.38. The number of hydrogen-bond donors (Lipinski definition) is 2. The van der Waals surface area contributed by atoms with Crippen LogP contribution >= 0.6 is 11.6 Å². The van der Waals surface area contributed by atoms with Crippen LogP contribution in [0.25, 0.3) is 11.1 Å². The van der Waals surface area contributed by atoms with Crippen LogP contribution < -0.4 is 5.32 Å². The second-order valence-electron chi connectivity index (χ2n) is 11.3. The molecule has 1 heterocycles. The van der Waals surface area contributed by atoms with E-state index in [1.807, 2.05) is 54.4 Å². The van der Waals surface area contributed by atoms with E-state index in [1.165, 1.54) is 0 Å². The van der Waals surface area contributed by atoms with E-state index in [1.54, 1.807) is 7.11 Å². The van der Waals surface area contributed by atoms with Crippen molar-refractivity contribution in [1.29, 1.82) is 0 Å². The first-order valence-electron chi connectivity index (χ1n) is 14.3. The van der Waals surface area contributed by atoms with Gasteiger partial charge in [0.15, 0.2) is 0 Å². The largest absolute Gasteiger partial charge is 0.385 e. The summed E-state index contributed by atoms with van der Waals surface area (Å²) in [5.41, 5.74) is 1.71. The summed E-state index contributed by atoms with van der Waals surface area (Å²) in [5.74, 6) is 1.02. The highest BCUT2D eigenvalue weighted by Gasteiger charge is 2.42. The average Bonchev–Trinajstić information content (AvgIpc) is 2.91. The summed E-state index contributed by atoms with van der Waals surface area (Å²) in [6, 6.07) is 15.9. The monoisotopic (exact) mass is 542 g/mol. The van der Waals surface area contributed by atoms with Gasteiger partial charge in [-0.05, 0) is 81.1 Å². The first-order valence-corrected chi connectivity index (χ1v) is 14.7. The Hall–Kier alpha value is -1.92. The Labute approximate surface area is 234 Å². The number of piperidine rings is 1. The molecule has 0 spiro atoms. The zero-order valence-corrected chi connectivity index (χ0v) is 24.5. The van der Waals surface area contributed by atoms with Crippen LogP contribution in [0.1, 0.15) is 64.4 Å². The molecule has 2 aromatic carbocycles. The molecule has 38 heavy (non-hydrogen) atoms. The molecule has 0 unspecified atom stereocenters. The molecule has 3 atom stereocenters. The molecular formula is C32H47ClN2O3. The Morgan fingerprint density at radius 1 is 1.16 bits per heavy atom. The Morgan fingerprint density at radius 3 is 2.55 bits per heavy atom. The van der Waals surface area contributed by atoms with E-state index in [-0.39, 0.29) is 11.8 Å². The fourth-order valence-electron chi connectivity index (χ4n) is 6.14. The van der Waals surface area contributed by atoms with Crippen LogP contribution in [0.2, 0.25) is 5.02 Å². The topological polar surface area (TPSA) is 61.8 Å². The van der Waals surface area contributed by atoms with Gasteiger partial charge in [0.05, 0.1) is 5.60 Å². The summed E-state index contributed by atoms with van der Waals surface area (Å²) in [6.07, 6.45) is 5.68. The molecule has 5 nitrogen and oxygen atoms in total. The van der Waals surface area contributed by atoms with Gasteiger partial charge in [-0.1, -0.05) is 67.9 Å². The molecule has 1 saturated heterocycles. The third kappa shape index (κ3) is 8.05. The molecule has 1 fully saturated rings. The molecule has 210 valence electrons. The smallest absolute Gasteiger partial charge is 0.222 e. The van der Waals surface area contributed by atoms with E-state index in [0.717, 1.165) is 61.9 Å². The minimum atomic E-state index is -1.08. The van der Waals surface area contributed by atoms with Gasteiger partial charge in [0, 0.05) is 49.7 Å². The zero-order valence-electron chi connectivity index (χ0n) is 23.7. The maximum absolute atomic E-state index is 13.5. The molecule has 0 radical (unpaired) electrons. The van der Waals surface area contributed by atoms with Crippen LogP contribution in [-0.4, -0.2) is 56.3 Å². The number of rotatable bonds is 14. The minimum Gasteiger partial charge on any atom is -0.385 e.